The van der Waals surface area contributed by atoms with Crippen molar-refractivity contribution in [1.29, 1.82) is 0 Å². The van der Waals surface area contributed by atoms with E-state index < -0.39 is 10.0 Å². The third-order valence-corrected chi connectivity index (χ3v) is 5.16. The van der Waals surface area contributed by atoms with E-state index in [-0.39, 0.29) is 17.9 Å². The fraction of sp³-hybridized carbons (Fsp3) is 0.533. The van der Waals surface area contributed by atoms with Crippen LogP contribution in [-0.2, 0) is 20.5 Å². The van der Waals surface area contributed by atoms with Crippen LogP contribution in [0.5, 0.6) is 0 Å². The summed E-state index contributed by atoms with van der Waals surface area (Å²) in [6.07, 6.45) is 0.839. The molecule has 0 spiro atoms. The lowest BCUT2D eigenvalue weighted by Gasteiger charge is -2.31. The average Bonchev–Trinajstić information content (AvgIpc) is 2.49. The van der Waals surface area contributed by atoms with Crippen LogP contribution in [0.15, 0.2) is 24.3 Å². The number of aryl methyl sites for hydroxylation is 1. The highest BCUT2D eigenvalue weighted by Gasteiger charge is 2.26. The highest BCUT2D eigenvalue weighted by atomic mass is 32.2. The van der Waals surface area contributed by atoms with Gasteiger partial charge in [0.15, 0.2) is 0 Å². The molecule has 1 heterocycles. The molecule has 0 bridgehead atoms. The Bertz CT molecular complexity index is 605. The quantitative estimate of drug-likeness (QED) is 0.913. The van der Waals surface area contributed by atoms with Crippen molar-refractivity contribution in [3.05, 3.63) is 35.4 Å². The van der Waals surface area contributed by atoms with Crippen molar-refractivity contribution in [2.45, 2.75) is 31.6 Å². The molecular weight excluding hydrogens is 304 g/mol. The Morgan fingerprint density at radius 3 is 2.41 bits per heavy atom. The summed E-state index contributed by atoms with van der Waals surface area (Å²) < 4.78 is 31.8. The standard InChI is InChI=1S/C15H22N2O4S/c1-12-3-5-13(6-4-12)11-22(19,20)16-14-7-9-17(10-8-14)15(18)21-2/h3-6,14,16H,7-11H2,1-2H3. The van der Waals surface area contributed by atoms with Crippen molar-refractivity contribution in [3.63, 3.8) is 0 Å². The second-order valence-corrected chi connectivity index (χ2v) is 7.35. The van der Waals surface area contributed by atoms with Gasteiger partial charge in [0, 0.05) is 19.1 Å². The molecule has 1 saturated heterocycles. The Hall–Kier alpha value is -1.60. The third kappa shape index (κ3) is 4.71. The lowest BCUT2D eigenvalue weighted by Crippen LogP contribution is -2.46. The molecule has 6 nitrogen and oxygen atoms in total. The maximum absolute atomic E-state index is 12.2. The van der Waals surface area contributed by atoms with E-state index in [4.69, 9.17) is 0 Å². The van der Waals surface area contributed by atoms with E-state index in [1.54, 1.807) is 4.90 Å². The van der Waals surface area contributed by atoms with Crippen molar-refractivity contribution in [1.82, 2.24) is 9.62 Å². The summed E-state index contributed by atoms with van der Waals surface area (Å²) in [6, 6.07) is 7.33. The van der Waals surface area contributed by atoms with Gasteiger partial charge in [-0.25, -0.2) is 17.9 Å². The van der Waals surface area contributed by atoms with Gasteiger partial charge >= 0.3 is 6.09 Å². The smallest absolute Gasteiger partial charge is 0.409 e. The van der Waals surface area contributed by atoms with Crippen LogP contribution < -0.4 is 4.72 Å². The van der Waals surface area contributed by atoms with E-state index in [1.165, 1.54) is 7.11 Å². The first-order valence-corrected chi connectivity index (χ1v) is 8.93. The number of likely N-dealkylation sites (tertiary alicyclic amines) is 1. The normalized spacial score (nSPS) is 16.5. The Labute approximate surface area is 131 Å². The van der Waals surface area contributed by atoms with Crippen molar-refractivity contribution >= 4 is 16.1 Å². The van der Waals surface area contributed by atoms with Crippen LogP contribution in [0.3, 0.4) is 0 Å². The SMILES string of the molecule is COC(=O)N1CCC(NS(=O)(=O)Cc2ccc(C)cc2)CC1. The van der Waals surface area contributed by atoms with Gasteiger partial charge in [-0.1, -0.05) is 29.8 Å². The van der Waals surface area contributed by atoms with Gasteiger partial charge in [-0.2, -0.15) is 0 Å². The number of ether oxygens (including phenoxy) is 1. The number of sulfonamides is 1. The summed E-state index contributed by atoms with van der Waals surface area (Å²) >= 11 is 0. The fourth-order valence-corrected chi connectivity index (χ4v) is 3.97. The molecular formula is C15H22N2O4S. The number of piperidine rings is 1. The fourth-order valence-electron chi connectivity index (χ4n) is 2.51. The summed E-state index contributed by atoms with van der Waals surface area (Å²) in [5.41, 5.74) is 1.87. The van der Waals surface area contributed by atoms with Crippen molar-refractivity contribution in [2.75, 3.05) is 20.2 Å². The Balaban J connectivity index is 1.88. The molecule has 1 N–H and O–H groups in total. The van der Waals surface area contributed by atoms with Gasteiger partial charge in [0.25, 0.3) is 0 Å². The molecule has 122 valence electrons. The average molecular weight is 326 g/mol. The Kier molecular flexibility index (Phi) is 5.42. The van der Waals surface area contributed by atoms with E-state index in [0.717, 1.165) is 11.1 Å². The maximum Gasteiger partial charge on any atom is 0.409 e. The summed E-state index contributed by atoms with van der Waals surface area (Å²) in [6.45, 7) is 2.97. The number of nitrogens with zero attached hydrogens (tertiary/aromatic N) is 1. The zero-order valence-corrected chi connectivity index (χ0v) is 13.7. The number of nitrogens with one attached hydrogen (secondary N) is 1. The second kappa shape index (κ2) is 7.11. The number of methoxy groups -OCH3 is 1. The first-order valence-electron chi connectivity index (χ1n) is 7.28. The predicted molar refractivity (Wildman–Crippen MR) is 83.9 cm³/mol. The second-order valence-electron chi connectivity index (χ2n) is 5.59. The maximum atomic E-state index is 12.2. The van der Waals surface area contributed by atoms with Gasteiger partial charge in [0.05, 0.1) is 12.9 Å². The van der Waals surface area contributed by atoms with E-state index in [2.05, 4.69) is 9.46 Å². The molecule has 22 heavy (non-hydrogen) atoms. The topological polar surface area (TPSA) is 75.7 Å². The molecule has 2 rings (SSSR count). The summed E-state index contributed by atoms with van der Waals surface area (Å²) in [5.74, 6) is -0.0233. The molecule has 0 radical (unpaired) electrons. The monoisotopic (exact) mass is 326 g/mol. The van der Waals surface area contributed by atoms with Gasteiger partial charge in [-0.05, 0) is 25.3 Å². The Morgan fingerprint density at radius 2 is 1.86 bits per heavy atom. The number of carbonyl (C=O) groups excluding carboxylic acids is 1. The molecule has 1 amide bonds. The molecule has 7 heteroatoms. The minimum Gasteiger partial charge on any atom is -0.453 e. The molecule has 1 aliphatic rings. The predicted octanol–water partition coefficient (Wildman–Crippen LogP) is 1.65. The van der Waals surface area contributed by atoms with Crippen LogP contribution in [-0.4, -0.2) is 45.7 Å². The van der Waals surface area contributed by atoms with Gasteiger partial charge < -0.3 is 9.64 Å². The first kappa shape index (κ1) is 16.8. The summed E-state index contributed by atoms with van der Waals surface area (Å²) in [4.78, 5) is 13.0. The van der Waals surface area contributed by atoms with Crippen LogP contribution >= 0.6 is 0 Å². The van der Waals surface area contributed by atoms with E-state index in [0.29, 0.717) is 25.9 Å². The molecule has 1 aromatic rings. The largest absolute Gasteiger partial charge is 0.453 e. The number of benzene rings is 1. The van der Waals surface area contributed by atoms with E-state index in [9.17, 15) is 13.2 Å². The van der Waals surface area contributed by atoms with Gasteiger partial charge in [-0.3, -0.25) is 0 Å². The van der Waals surface area contributed by atoms with Crippen LogP contribution in [0.25, 0.3) is 0 Å². The number of rotatable bonds is 4. The molecule has 0 atom stereocenters. The number of hydrogen-bond donors (Lipinski definition) is 1. The van der Waals surface area contributed by atoms with Gasteiger partial charge in [0.1, 0.15) is 0 Å². The van der Waals surface area contributed by atoms with Crippen molar-refractivity contribution in [3.8, 4) is 0 Å². The van der Waals surface area contributed by atoms with E-state index >= 15 is 0 Å². The number of hydrogen-bond acceptors (Lipinski definition) is 4. The molecule has 1 aliphatic heterocycles. The molecule has 0 aromatic heterocycles. The zero-order chi connectivity index (χ0) is 16.2. The van der Waals surface area contributed by atoms with Gasteiger partial charge in [0.2, 0.25) is 10.0 Å². The lowest BCUT2D eigenvalue weighted by atomic mass is 10.1. The van der Waals surface area contributed by atoms with Crippen LogP contribution in [0.2, 0.25) is 0 Å². The minimum atomic E-state index is -3.38. The lowest BCUT2D eigenvalue weighted by molar-refractivity contribution is 0.111. The third-order valence-electron chi connectivity index (χ3n) is 3.75. The van der Waals surface area contributed by atoms with Crippen LogP contribution in [0.4, 0.5) is 4.79 Å². The summed E-state index contributed by atoms with van der Waals surface area (Å²) in [7, 11) is -2.03. The van der Waals surface area contributed by atoms with Gasteiger partial charge in [-0.15, -0.1) is 0 Å². The Morgan fingerprint density at radius 1 is 1.27 bits per heavy atom. The van der Waals surface area contributed by atoms with Crippen LogP contribution in [0.1, 0.15) is 24.0 Å². The molecule has 0 saturated carbocycles. The van der Waals surface area contributed by atoms with E-state index in [1.807, 2.05) is 31.2 Å². The van der Waals surface area contributed by atoms with Crippen molar-refractivity contribution in [2.24, 2.45) is 0 Å². The number of carbonyl (C=O) groups is 1. The number of amides is 1. The minimum absolute atomic E-state index is 0.0233. The zero-order valence-electron chi connectivity index (χ0n) is 12.9. The molecule has 1 aromatic carbocycles. The molecule has 0 unspecified atom stereocenters. The van der Waals surface area contributed by atoms with Crippen LogP contribution in [0, 0.1) is 6.92 Å². The highest BCUT2D eigenvalue weighted by molar-refractivity contribution is 7.88. The van der Waals surface area contributed by atoms with Crippen molar-refractivity contribution < 1.29 is 17.9 Å². The molecule has 0 aliphatic carbocycles. The highest BCUT2D eigenvalue weighted by Crippen LogP contribution is 2.14. The first-order chi connectivity index (χ1) is 10.4. The summed E-state index contributed by atoms with van der Waals surface area (Å²) in [5, 5.41) is 0. The molecule has 1 fully saturated rings.